The van der Waals surface area contributed by atoms with Gasteiger partial charge in [0.25, 0.3) is 0 Å². The first-order chi connectivity index (χ1) is 8.70. The molecule has 100 valence electrons. The van der Waals surface area contributed by atoms with E-state index in [0.29, 0.717) is 21.3 Å². The average molecular weight is 306 g/mol. The van der Waals surface area contributed by atoms with Gasteiger partial charge in [-0.1, -0.05) is 30.1 Å². The summed E-state index contributed by atoms with van der Waals surface area (Å²) in [5, 5.41) is 5.16. The van der Waals surface area contributed by atoms with Gasteiger partial charge in [-0.05, 0) is 31.2 Å². The number of rotatable bonds is 4. The molecule has 1 aliphatic rings. The van der Waals surface area contributed by atoms with E-state index < -0.39 is 0 Å². The van der Waals surface area contributed by atoms with Crippen molar-refractivity contribution in [1.29, 1.82) is 0 Å². The summed E-state index contributed by atoms with van der Waals surface area (Å²) >= 11 is 13.8. The maximum absolute atomic E-state index is 6.04. The molecule has 2 unspecified atom stereocenters. The number of benzene rings is 1. The van der Waals surface area contributed by atoms with Crippen LogP contribution in [0.5, 0.6) is 0 Å². The van der Waals surface area contributed by atoms with Crippen molar-refractivity contribution in [2.45, 2.75) is 29.5 Å². The number of hydrogen-bond acceptors (Lipinski definition) is 3. The SMILES string of the molecule is CCNC1CCOCC1Sc1ccc(Cl)c(Cl)c1. The lowest BCUT2D eigenvalue weighted by Gasteiger charge is -2.31. The van der Waals surface area contributed by atoms with Gasteiger partial charge in [0.1, 0.15) is 0 Å². The summed E-state index contributed by atoms with van der Waals surface area (Å²) in [6.45, 7) is 4.75. The first kappa shape index (κ1) is 14.5. The van der Waals surface area contributed by atoms with Crippen molar-refractivity contribution in [3.05, 3.63) is 28.2 Å². The molecule has 1 aromatic rings. The second kappa shape index (κ2) is 7.01. The van der Waals surface area contributed by atoms with Crippen LogP contribution in [0.25, 0.3) is 0 Å². The molecular weight excluding hydrogens is 289 g/mol. The van der Waals surface area contributed by atoms with Gasteiger partial charge in [0, 0.05) is 22.8 Å². The third kappa shape index (κ3) is 3.78. The van der Waals surface area contributed by atoms with Crippen LogP contribution >= 0.6 is 35.0 Å². The molecule has 1 heterocycles. The Morgan fingerprint density at radius 1 is 1.39 bits per heavy atom. The van der Waals surface area contributed by atoms with Gasteiger partial charge in [-0.25, -0.2) is 0 Å². The number of hydrogen-bond donors (Lipinski definition) is 1. The maximum atomic E-state index is 6.04. The van der Waals surface area contributed by atoms with Crippen molar-refractivity contribution in [2.24, 2.45) is 0 Å². The molecular formula is C13H17Cl2NOS. The summed E-state index contributed by atoms with van der Waals surface area (Å²) < 4.78 is 5.56. The van der Waals surface area contributed by atoms with Gasteiger partial charge in [0.05, 0.1) is 16.7 Å². The molecule has 0 aromatic heterocycles. The molecule has 5 heteroatoms. The highest BCUT2D eigenvalue weighted by atomic mass is 35.5. The van der Waals surface area contributed by atoms with Gasteiger partial charge < -0.3 is 10.1 Å². The Kier molecular flexibility index (Phi) is 5.64. The van der Waals surface area contributed by atoms with E-state index in [1.807, 2.05) is 18.2 Å². The number of halogens is 2. The minimum absolute atomic E-state index is 0.427. The molecule has 1 saturated heterocycles. The lowest BCUT2D eigenvalue weighted by Crippen LogP contribution is -2.44. The van der Waals surface area contributed by atoms with Crippen LogP contribution in [-0.4, -0.2) is 31.1 Å². The predicted molar refractivity (Wildman–Crippen MR) is 79.0 cm³/mol. The highest BCUT2D eigenvalue weighted by Crippen LogP contribution is 2.33. The fraction of sp³-hybridized carbons (Fsp3) is 0.538. The first-order valence-corrected chi connectivity index (χ1v) is 7.77. The van der Waals surface area contributed by atoms with Crippen molar-refractivity contribution in [3.8, 4) is 0 Å². The fourth-order valence-corrected chi connectivity index (χ4v) is 3.65. The van der Waals surface area contributed by atoms with Gasteiger partial charge in [-0.15, -0.1) is 11.8 Å². The van der Waals surface area contributed by atoms with Crippen molar-refractivity contribution >= 4 is 35.0 Å². The molecule has 0 radical (unpaired) electrons. The first-order valence-electron chi connectivity index (χ1n) is 6.13. The minimum Gasteiger partial charge on any atom is -0.380 e. The van der Waals surface area contributed by atoms with Crippen LogP contribution in [0.3, 0.4) is 0 Å². The predicted octanol–water partition coefficient (Wildman–Crippen LogP) is 3.85. The zero-order chi connectivity index (χ0) is 13.0. The molecule has 2 nitrogen and oxygen atoms in total. The Morgan fingerprint density at radius 3 is 2.94 bits per heavy atom. The molecule has 1 fully saturated rings. The minimum atomic E-state index is 0.427. The molecule has 0 aliphatic carbocycles. The molecule has 1 aromatic carbocycles. The van der Waals surface area contributed by atoms with E-state index in [0.717, 1.165) is 31.1 Å². The molecule has 0 saturated carbocycles. The van der Waals surface area contributed by atoms with Crippen LogP contribution in [0.4, 0.5) is 0 Å². The van der Waals surface area contributed by atoms with Gasteiger partial charge in [-0.2, -0.15) is 0 Å². The van der Waals surface area contributed by atoms with Gasteiger partial charge >= 0.3 is 0 Å². The molecule has 1 aliphatic heterocycles. The van der Waals surface area contributed by atoms with E-state index in [2.05, 4.69) is 12.2 Å². The molecule has 0 amide bonds. The standard InChI is InChI=1S/C13H17Cl2NOS/c1-2-16-12-5-6-17-8-13(12)18-9-3-4-10(14)11(15)7-9/h3-4,7,12-13,16H,2,5-6,8H2,1H3. The Morgan fingerprint density at radius 2 is 2.22 bits per heavy atom. The summed E-state index contributed by atoms with van der Waals surface area (Å²) in [6.07, 6.45) is 1.06. The Labute approximate surface area is 122 Å². The van der Waals surface area contributed by atoms with Gasteiger partial charge in [0.15, 0.2) is 0 Å². The fourth-order valence-electron chi connectivity index (χ4n) is 2.05. The largest absolute Gasteiger partial charge is 0.380 e. The Hall–Kier alpha value is 0.0700. The summed E-state index contributed by atoms with van der Waals surface area (Å²) in [7, 11) is 0. The molecule has 2 rings (SSSR count). The van der Waals surface area contributed by atoms with Crippen LogP contribution in [0.2, 0.25) is 10.0 Å². The van der Waals surface area contributed by atoms with Crippen LogP contribution in [0.1, 0.15) is 13.3 Å². The lowest BCUT2D eigenvalue weighted by molar-refractivity contribution is 0.0837. The van der Waals surface area contributed by atoms with Crippen LogP contribution in [0.15, 0.2) is 23.1 Å². The number of thioether (sulfide) groups is 1. The second-order valence-electron chi connectivity index (χ2n) is 4.26. The van der Waals surface area contributed by atoms with Crippen molar-refractivity contribution in [1.82, 2.24) is 5.32 Å². The van der Waals surface area contributed by atoms with E-state index in [1.165, 1.54) is 0 Å². The van der Waals surface area contributed by atoms with Crippen LogP contribution in [-0.2, 0) is 4.74 Å². The van der Waals surface area contributed by atoms with E-state index in [-0.39, 0.29) is 0 Å². The molecule has 1 N–H and O–H groups in total. The van der Waals surface area contributed by atoms with Crippen molar-refractivity contribution in [3.63, 3.8) is 0 Å². The van der Waals surface area contributed by atoms with Gasteiger partial charge in [-0.3, -0.25) is 0 Å². The summed E-state index contributed by atoms with van der Waals surface area (Å²) in [5.41, 5.74) is 0. The maximum Gasteiger partial charge on any atom is 0.0603 e. The second-order valence-corrected chi connectivity index (χ2v) is 6.39. The third-order valence-corrected chi connectivity index (χ3v) is 4.98. The van der Waals surface area contributed by atoms with E-state index >= 15 is 0 Å². The highest BCUT2D eigenvalue weighted by molar-refractivity contribution is 8.00. The zero-order valence-corrected chi connectivity index (χ0v) is 12.6. The Bertz CT molecular complexity index is 401. The quantitative estimate of drug-likeness (QED) is 0.913. The summed E-state index contributed by atoms with van der Waals surface area (Å²) in [6, 6.07) is 6.28. The average Bonchev–Trinajstić information content (AvgIpc) is 2.37. The lowest BCUT2D eigenvalue weighted by atomic mass is 10.1. The third-order valence-electron chi connectivity index (χ3n) is 2.95. The van der Waals surface area contributed by atoms with Crippen LogP contribution in [0, 0.1) is 0 Å². The highest BCUT2D eigenvalue weighted by Gasteiger charge is 2.25. The van der Waals surface area contributed by atoms with E-state index in [4.69, 9.17) is 27.9 Å². The smallest absolute Gasteiger partial charge is 0.0603 e. The molecule has 0 spiro atoms. The topological polar surface area (TPSA) is 21.3 Å². The zero-order valence-electron chi connectivity index (χ0n) is 10.3. The van der Waals surface area contributed by atoms with Crippen molar-refractivity contribution in [2.75, 3.05) is 19.8 Å². The Balaban J connectivity index is 2.03. The number of ether oxygens (including phenoxy) is 1. The number of nitrogens with one attached hydrogen (secondary N) is 1. The van der Waals surface area contributed by atoms with Crippen molar-refractivity contribution < 1.29 is 4.74 Å². The normalized spacial score (nSPS) is 24.2. The monoisotopic (exact) mass is 305 g/mol. The van der Waals surface area contributed by atoms with E-state index in [9.17, 15) is 0 Å². The summed E-state index contributed by atoms with van der Waals surface area (Å²) in [4.78, 5) is 1.14. The van der Waals surface area contributed by atoms with E-state index in [1.54, 1.807) is 11.8 Å². The van der Waals surface area contributed by atoms with Gasteiger partial charge in [0.2, 0.25) is 0 Å². The molecule has 2 atom stereocenters. The molecule has 0 bridgehead atoms. The van der Waals surface area contributed by atoms with Crippen LogP contribution < -0.4 is 5.32 Å². The molecule has 18 heavy (non-hydrogen) atoms. The summed E-state index contributed by atoms with van der Waals surface area (Å²) in [5.74, 6) is 0.